The van der Waals surface area contributed by atoms with E-state index in [-0.39, 0.29) is 6.10 Å². The SMILES string of the molecule is CCOP(=S)(OCC)OC(C)CN(C)C. The highest BCUT2D eigenvalue weighted by atomic mass is 32.5. The third-order valence-electron chi connectivity index (χ3n) is 1.51. The topological polar surface area (TPSA) is 30.9 Å². The molecule has 0 rings (SSSR count). The molecule has 0 aromatic carbocycles. The quantitative estimate of drug-likeness (QED) is 0.621. The lowest BCUT2D eigenvalue weighted by Gasteiger charge is -2.25. The molecule has 0 aliphatic heterocycles. The van der Waals surface area contributed by atoms with Crippen LogP contribution < -0.4 is 0 Å². The molecule has 15 heavy (non-hydrogen) atoms. The number of hydrogen-bond donors (Lipinski definition) is 0. The molecule has 0 aromatic rings. The first-order valence-electron chi connectivity index (χ1n) is 5.15. The molecule has 6 heteroatoms. The summed E-state index contributed by atoms with van der Waals surface area (Å²) < 4.78 is 16.4. The third kappa shape index (κ3) is 7.39. The zero-order chi connectivity index (χ0) is 11.9. The molecule has 0 saturated carbocycles. The molecule has 92 valence electrons. The molecule has 0 spiro atoms. The van der Waals surface area contributed by atoms with Gasteiger partial charge in [-0.05, 0) is 46.7 Å². The summed E-state index contributed by atoms with van der Waals surface area (Å²) in [7, 11) is 3.98. The molecule has 4 nitrogen and oxygen atoms in total. The molecule has 0 aliphatic rings. The third-order valence-corrected chi connectivity index (χ3v) is 4.16. The fraction of sp³-hybridized carbons (Fsp3) is 1.00. The van der Waals surface area contributed by atoms with Crippen LogP contribution in [0.5, 0.6) is 0 Å². The normalized spacial score (nSPS) is 14.5. The molecule has 0 aromatic heterocycles. The number of rotatable bonds is 8. The van der Waals surface area contributed by atoms with Crippen molar-refractivity contribution < 1.29 is 13.6 Å². The summed E-state index contributed by atoms with van der Waals surface area (Å²) in [5.41, 5.74) is 0. The van der Waals surface area contributed by atoms with Gasteiger partial charge in [0.2, 0.25) is 0 Å². The van der Waals surface area contributed by atoms with E-state index in [9.17, 15) is 0 Å². The van der Waals surface area contributed by atoms with Crippen LogP contribution in [0.15, 0.2) is 0 Å². The molecular weight excluding hydrogens is 233 g/mol. The Morgan fingerprint density at radius 1 is 1.20 bits per heavy atom. The fourth-order valence-corrected chi connectivity index (χ4v) is 3.59. The Kier molecular flexibility index (Phi) is 7.96. The Balaban J connectivity index is 4.21. The molecule has 0 fully saturated rings. The molecule has 0 radical (unpaired) electrons. The highest BCUT2D eigenvalue weighted by Gasteiger charge is 2.22. The van der Waals surface area contributed by atoms with Crippen molar-refractivity contribution in [3.63, 3.8) is 0 Å². The van der Waals surface area contributed by atoms with Gasteiger partial charge in [0.05, 0.1) is 19.3 Å². The van der Waals surface area contributed by atoms with Gasteiger partial charge in [-0.25, -0.2) is 0 Å². The minimum absolute atomic E-state index is 0.0175. The van der Waals surface area contributed by atoms with Crippen LogP contribution in [0.1, 0.15) is 20.8 Å². The first kappa shape index (κ1) is 15.5. The number of likely N-dealkylation sites (N-methyl/N-ethyl adjacent to an activating group) is 1. The number of nitrogens with zero attached hydrogens (tertiary/aromatic N) is 1. The predicted octanol–water partition coefficient (Wildman–Crippen LogP) is 2.25. The summed E-state index contributed by atoms with van der Waals surface area (Å²) >= 11 is 5.26. The highest BCUT2D eigenvalue weighted by Crippen LogP contribution is 2.50. The maximum atomic E-state index is 5.67. The molecule has 0 saturated heterocycles. The molecule has 0 amide bonds. The van der Waals surface area contributed by atoms with Crippen LogP contribution in [-0.2, 0) is 25.4 Å². The van der Waals surface area contributed by atoms with Crippen LogP contribution in [0, 0.1) is 0 Å². The van der Waals surface area contributed by atoms with Crippen LogP contribution in [0.3, 0.4) is 0 Å². The summed E-state index contributed by atoms with van der Waals surface area (Å²) in [6.45, 7) is 5.07. The van der Waals surface area contributed by atoms with Gasteiger partial charge in [-0.2, -0.15) is 0 Å². The highest BCUT2D eigenvalue weighted by molar-refractivity contribution is 8.07. The summed E-state index contributed by atoms with van der Waals surface area (Å²) in [4.78, 5) is 2.04. The fourth-order valence-electron chi connectivity index (χ4n) is 1.18. The molecule has 1 unspecified atom stereocenters. The second-order valence-corrected chi connectivity index (χ2v) is 6.42. The van der Waals surface area contributed by atoms with E-state index in [1.54, 1.807) is 0 Å². The van der Waals surface area contributed by atoms with E-state index >= 15 is 0 Å². The maximum absolute atomic E-state index is 5.67. The van der Waals surface area contributed by atoms with Crippen molar-refractivity contribution in [3.8, 4) is 0 Å². The summed E-state index contributed by atoms with van der Waals surface area (Å²) in [5, 5.41) is 0. The van der Waals surface area contributed by atoms with Crippen LogP contribution >= 0.6 is 6.72 Å². The van der Waals surface area contributed by atoms with E-state index < -0.39 is 6.72 Å². The average molecular weight is 255 g/mol. The van der Waals surface area contributed by atoms with Gasteiger partial charge < -0.3 is 18.5 Å². The van der Waals surface area contributed by atoms with Crippen molar-refractivity contribution in [1.82, 2.24) is 4.90 Å². The zero-order valence-corrected chi connectivity index (χ0v) is 11.9. The summed E-state index contributed by atoms with van der Waals surface area (Å²) in [6.07, 6.45) is 0.0175. The Bertz CT molecular complexity index is 204. The van der Waals surface area contributed by atoms with Gasteiger partial charge in [-0.1, -0.05) is 0 Å². The van der Waals surface area contributed by atoms with Crippen LogP contribution in [-0.4, -0.2) is 44.9 Å². The Hall–Kier alpha value is 0.490. The van der Waals surface area contributed by atoms with Crippen molar-refractivity contribution >= 4 is 18.5 Å². The molecule has 0 bridgehead atoms. The van der Waals surface area contributed by atoms with Gasteiger partial charge in [0.1, 0.15) is 0 Å². The van der Waals surface area contributed by atoms with Gasteiger partial charge in [0.25, 0.3) is 0 Å². The molecule has 0 aliphatic carbocycles. The summed E-state index contributed by atoms with van der Waals surface area (Å²) in [5.74, 6) is 0. The lowest BCUT2D eigenvalue weighted by atomic mass is 10.4. The van der Waals surface area contributed by atoms with Crippen LogP contribution in [0.2, 0.25) is 0 Å². The van der Waals surface area contributed by atoms with Crippen molar-refractivity contribution in [2.45, 2.75) is 26.9 Å². The standard InChI is InChI=1S/C9H22NO3PS/c1-6-11-14(15,12-7-2)13-9(3)8-10(4)5/h9H,6-8H2,1-5H3. The molecule has 0 N–H and O–H groups in total. The molecule has 1 atom stereocenters. The number of hydrogen-bond acceptors (Lipinski definition) is 5. The van der Waals surface area contributed by atoms with Crippen molar-refractivity contribution in [1.29, 1.82) is 0 Å². The average Bonchev–Trinajstić information content (AvgIpc) is 2.01. The van der Waals surface area contributed by atoms with Crippen molar-refractivity contribution in [3.05, 3.63) is 0 Å². The van der Waals surface area contributed by atoms with Gasteiger partial charge in [-0.15, -0.1) is 0 Å². The minimum Gasteiger partial charge on any atom is -0.309 e. The zero-order valence-electron chi connectivity index (χ0n) is 10.2. The smallest absolute Gasteiger partial charge is 0.309 e. The molecule has 0 heterocycles. The van der Waals surface area contributed by atoms with E-state index in [2.05, 4.69) is 0 Å². The lowest BCUT2D eigenvalue weighted by Crippen LogP contribution is -2.25. The largest absolute Gasteiger partial charge is 0.327 e. The predicted molar refractivity (Wildman–Crippen MR) is 66.6 cm³/mol. The first-order valence-corrected chi connectivity index (χ1v) is 7.71. The van der Waals surface area contributed by atoms with Crippen LogP contribution in [0.25, 0.3) is 0 Å². The lowest BCUT2D eigenvalue weighted by molar-refractivity contribution is 0.113. The molecular formula is C9H22NO3PS. The maximum Gasteiger partial charge on any atom is 0.327 e. The van der Waals surface area contributed by atoms with E-state index in [1.807, 2.05) is 39.8 Å². The monoisotopic (exact) mass is 255 g/mol. The van der Waals surface area contributed by atoms with Crippen molar-refractivity contribution in [2.75, 3.05) is 33.9 Å². The first-order chi connectivity index (χ1) is 6.93. The Labute approximate surface area is 98.1 Å². The summed E-state index contributed by atoms with van der Waals surface area (Å²) in [6, 6.07) is 0. The second kappa shape index (κ2) is 7.71. The minimum atomic E-state index is -2.53. The van der Waals surface area contributed by atoms with E-state index in [0.29, 0.717) is 13.2 Å². The van der Waals surface area contributed by atoms with E-state index in [4.69, 9.17) is 25.4 Å². The van der Waals surface area contributed by atoms with Gasteiger partial charge in [0, 0.05) is 6.54 Å². The van der Waals surface area contributed by atoms with Crippen LogP contribution in [0.4, 0.5) is 0 Å². The van der Waals surface area contributed by atoms with Gasteiger partial charge >= 0.3 is 6.72 Å². The van der Waals surface area contributed by atoms with Gasteiger partial charge in [0.15, 0.2) is 0 Å². The van der Waals surface area contributed by atoms with E-state index in [1.165, 1.54) is 0 Å². The van der Waals surface area contributed by atoms with Crippen molar-refractivity contribution in [2.24, 2.45) is 0 Å². The Morgan fingerprint density at radius 3 is 2.00 bits per heavy atom. The Morgan fingerprint density at radius 2 is 1.67 bits per heavy atom. The second-order valence-electron chi connectivity index (χ2n) is 3.46. The van der Waals surface area contributed by atoms with E-state index in [0.717, 1.165) is 6.54 Å². The van der Waals surface area contributed by atoms with Gasteiger partial charge in [-0.3, -0.25) is 0 Å².